The van der Waals surface area contributed by atoms with Crippen molar-refractivity contribution in [3.05, 3.63) is 29.1 Å². The molecule has 1 rings (SSSR count). The molecule has 0 atom stereocenters. The van der Waals surface area contributed by atoms with Crippen LogP contribution in [-0.2, 0) is 7.05 Å². The van der Waals surface area contributed by atoms with Crippen LogP contribution in [0, 0.1) is 13.8 Å². The van der Waals surface area contributed by atoms with Gasteiger partial charge in [-0.2, -0.15) is 0 Å². The summed E-state index contributed by atoms with van der Waals surface area (Å²) in [5.41, 5.74) is 3.06. The van der Waals surface area contributed by atoms with Crippen molar-refractivity contribution < 1.29 is 9.36 Å². The second-order valence-electron chi connectivity index (χ2n) is 3.31. The maximum absolute atomic E-state index is 11.5. The number of pyridine rings is 1. The van der Waals surface area contributed by atoms with Gasteiger partial charge in [0, 0.05) is 26.3 Å². The van der Waals surface area contributed by atoms with Crippen LogP contribution in [0.25, 0.3) is 0 Å². The zero-order valence-electron chi connectivity index (χ0n) is 8.72. The first-order valence-corrected chi connectivity index (χ1v) is 4.57. The maximum atomic E-state index is 11.5. The highest BCUT2D eigenvalue weighted by Gasteiger charge is 2.15. The number of hydrogen-bond donors (Lipinski definition) is 0. The minimum absolute atomic E-state index is 0.216. The van der Waals surface area contributed by atoms with Crippen LogP contribution in [0.2, 0.25) is 0 Å². The van der Waals surface area contributed by atoms with E-state index in [1.165, 1.54) is 5.69 Å². The van der Waals surface area contributed by atoms with Crippen molar-refractivity contribution in [2.75, 3.05) is 0 Å². The van der Waals surface area contributed by atoms with Crippen LogP contribution >= 0.6 is 0 Å². The summed E-state index contributed by atoms with van der Waals surface area (Å²) < 4.78 is 2.04. The molecule has 2 heteroatoms. The Morgan fingerprint density at radius 1 is 1.38 bits per heavy atom. The molecule has 1 aromatic heterocycles. The second kappa shape index (κ2) is 3.69. The smallest absolute Gasteiger partial charge is 0.189 e. The van der Waals surface area contributed by atoms with E-state index in [0.29, 0.717) is 6.42 Å². The molecule has 2 nitrogen and oxygen atoms in total. The largest absolute Gasteiger partial charge is 0.294 e. The first-order chi connectivity index (χ1) is 6.07. The Bertz CT molecular complexity index is 342. The van der Waals surface area contributed by atoms with Crippen molar-refractivity contribution in [2.24, 2.45) is 7.05 Å². The quantitative estimate of drug-likeness (QED) is 0.499. The fraction of sp³-hybridized carbons (Fsp3) is 0.455. The molecule has 0 saturated heterocycles. The van der Waals surface area contributed by atoms with E-state index in [1.807, 2.05) is 44.5 Å². The lowest BCUT2D eigenvalue weighted by molar-refractivity contribution is -0.683. The van der Waals surface area contributed by atoms with E-state index < -0.39 is 0 Å². The molecular formula is C11H16NO+. The van der Waals surface area contributed by atoms with Crippen molar-refractivity contribution in [3.63, 3.8) is 0 Å². The number of ketones is 1. The predicted molar refractivity (Wildman–Crippen MR) is 51.7 cm³/mol. The summed E-state index contributed by atoms with van der Waals surface area (Å²) in [5, 5.41) is 0. The topological polar surface area (TPSA) is 20.9 Å². The minimum Gasteiger partial charge on any atom is -0.294 e. The number of aryl methyl sites for hydroxylation is 1. The number of aromatic nitrogens is 1. The lowest BCUT2D eigenvalue weighted by Crippen LogP contribution is -2.37. The lowest BCUT2D eigenvalue weighted by Gasteiger charge is -2.02. The Balaban J connectivity index is 3.26. The van der Waals surface area contributed by atoms with Crippen LogP contribution in [0.5, 0.6) is 0 Å². The summed E-state index contributed by atoms with van der Waals surface area (Å²) in [6.45, 7) is 5.91. The van der Waals surface area contributed by atoms with E-state index in [-0.39, 0.29) is 5.78 Å². The van der Waals surface area contributed by atoms with Crippen molar-refractivity contribution in [2.45, 2.75) is 27.2 Å². The summed E-state index contributed by atoms with van der Waals surface area (Å²) >= 11 is 0. The van der Waals surface area contributed by atoms with E-state index in [9.17, 15) is 4.79 Å². The van der Waals surface area contributed by atoms with Gasteiger partial charge in [-0.3, -0.25) is 4.79 Å². The number of hydrogen-bond acceptors (Lipinski definition) is 1. The number of rotatable bonds is 2. The molecule has 1 aromatic rings. The molecule has 0 aromatic carbocycles. The van der Waals surface area contributed by atoms with Gasteiger partial charge in [-0.1, -0.05) is 6.92 Å². The van der Waals surface area contributed by atoms with Gasteiger partial charge >= 0.3 is 0 Å². The van der Waals surface area contributed by atoms with Crippen molar-refractivity contribution in [1.82, 2.24) is 0 Å². The standard InChI is InChI=1S/C11H16NO/c1-5-11(13)10-7-6-8(2)12(4)9(10)3/h6-7H,5H2,1-4H3/q+1. The average Bonchev–Trinajstić information content (AvgIpc) is 2.13. The zero-order chi connectivity index (χ0) is 10.0. The molecule has 0 saturated carbocycles. The van der Waals surface area contributed by atoms with Crippen LogP contribution in [0.3, 0.4) is 0 Å². The molecular weight excluding hydrogens is 162 g/mol. The van der Waals surface area contributed by atoms with Gasteiger partial charge < -0.3 is 0 Å². The fourth-order valence-electron chi connectivity index (χ4n) is 1.37. The Labute approximate surface area is 79.2 Å². The highest BCUT2D eigenvalue weighted by Crippen LogP contribution is 2.06. The van der Waals surface area contributed by atoms with Crippen molar-refractivity contribution in [3.8, 4) is 0 Å². The van der Waals surface area contributed by atoms with Crippen LogP contribution in [0.15, 0.2) is 12.1 Å². The first kappa shape index (κ1) is 9.90. The monoisotopic (exact) mass is 178 g/mol. The van der Waals surface area contributed by atoms with E-state index >= 15 is 0 Å². The van der Waals surface area contributed by atoms with Gasteiger partial charge in [0.25, 0.3) is 0 Å². The number of carbonyl (C=O) groups excluding carboxylic acids is 1. The molecule has 0 bridgehead atoms. The van der Waals surface area contributed by atoms with Crippen molar-refractivity contribution >= 4 is 5.78 Å². The number of carbonyl (C=O) groups is 1. The molecule has 0 aliphatic carbocycles. The third-order valence-corrected chi connectivity index (χ3v) is 2.53. The van der Waals surface area contributed by atoms with Gasteiger partial charge in [0.15, 0.2) is 17.2 Å². The van der Waals surface area contributed by atoms with Crippen LogP contribution in [0.1, 0.15) is 35.1 Å². The van der Waals surface area contributed by atoms with Crippen LogP contribution < -0.4 is 4.57 Å². The predicted octanol–water partition coefficient (Wildman–Crippen LogP) is 1.72. The maximum Gasteiger partial charge on any atom is 0.189 e. The summed E-state index contributed by atoms with van der Waals surface area (Å²) in [4.78, 5) is 11.5. The Morgan fingerprint density at radius 3 is 2.54 bits per heavy atom. The van der Waals surface area contributed by atoms with Gasteiger partial charge in [0.1, 0.15) is 7.05 Å². The first-order valence-electron chi connectivity index (χ1n) is 4.57. The molecule has 0 aliphatic rings. The van der Waals surface area contributed by atoms with Gasteiger partial charge in [-0.05, 0) is 6.07 Å². The zero-order valence-corrected chi connectivity index (χ0v) is 8.72. The van der Waals surface area contributed by atoms with Gasteiger partial charge in [0.2, 0.25) is 0 Å². The summed E-state index contributed by atoms with van der Waals surface area (Å²) in [5.74, 6) is 0.216. The van der Waals surface area contributed by atoms with E-state index in [4.69, 9.17) is 0 Å². The molecule has 1 heterocycles. The molecule has 70 valence electrons. The summed E-state index contributed by atoms with van der Waals surface area (Å²) in [6.07, 6.45) is 0.573. The van der Waals surface area contributed by atoms with E-state index in [2.05, 4.69) is 0 Å². The number of Topliss-reactive ketones (excluding diaryl/α,β-unsaturated/α-hetero) is 1. The third-order valence-electron chi connectivity index (χ3n) is 2.53. The highest BCUT2D eigenvalue weighted by molar-refractivity contribution is 5.96. The second-order valence-corrected chi connectivity index (χ2v) is 3.31. The molecule has 0 aliphatic heterocycles. The van der Waals surface area contributed by atoms with Crippen LogP contribution in [-0.4, -0.2) is 5.78 Å². The summed E-state index contributed by atoms with van der Waals surface area (Å²) in [7, 11) is 1.98. The fourth-order valence-corrected chi connectivity index (χ4v) is 1.37. The average molecular weight is 178 g/mol. The van der Waals surface area contributed by atoms with Crippen LogP contribution in [0.4, 0.5) is 0 Å². The van der Waals surface area contributed by atoms with E-state index in [0.717, 1.165) is 11.3 Å². The Kier molecular flexibility index (Phi) is 2.81. The van der Waals surface area contributed by atoms with Gasteiger partial charge in [-0.25, -0.2) is 4.57 Å². The lowest BCUT2D eigenvalue weighted by atomic mass is 10.1. The Hall–Kier alpha value is -1.18. The SMILES string of the molecule is CCC(=O)c1ccc(C)[n+](C)c1C. The minimum atomic E-state index is 0.216. The molecule has 0 N–H and O–H groups in total. The molecule has 0 spiro atoms. The molecule has 0 radical (unpaired) electrons. The highest BCUT2D eigenvalue weighted by atomic mass is 16.1. The number of nitrogens with zero attached hydrogens (tertiary/aromatic N) is 1. The van der Waals surface area contributed by atoms with E-state index in [1.54, 1.807) is 0 Å². The summed E-state index contributed by atoms with van der Waals surface area (Å²) in [6, 6.07) is 3.90. The van der Waals surface area contributed by atoms with Gasteiger partial charge in [0.05, 0.1) is 5.56 Å². The molecule has 0 amide bonds. The van der Waals surface area contributed by atoms with Gasteiger partial charge in [-0.15, -0.1) is 0 Å². The molecule has 0 fully saturated rings. The third kappa shape index (κ3) is 1.77. The molecule has 13 heavy (non-hydrogen) atoms. The molecule has 0 unspecified atom stereocenters. The Morgan fingerprint density at radius 2 is 2.00 bits per heavy atom. The normalized spacial score (nSPS) is 10.2. The van der Waals surface area contributed by atoms with Crippen molar-refractivity contribution in [1.29, 1.82) is 0 Å².